The Labute approximate surface area is 225 Å². The highest BCUT2D eigenvalue weighted by Gasteiger charge is 2.52. The van der Waals surface area contributed by atoms with Gasteiger partial charge in [0.25, 0.3) is 0 Å². The van der Waals surface area contributed by atoms with Crippen LogP contribution in [0.2, 0.25) is 5.02 Å². The second-order valence-electron chi connectivity index (χ2n) is 11.4. The van der Waals surface area contributed by atoms with Gasteiger partial charge < -0.3 is 20.1 Å². The van der Waals surface area contributed by atoms with Crippen LogP contribution in [0.4, 0.5) is 13.2 Å². The summed E-state index contributed by atoms with van der Waals surface area (Å²) in [7, 11) is 3.95. The summed E-state index contributed by atoms with van der Waals surface area (Å²) in [6, 6.07) is 10.3. The molecule has 0 saturated carbocycles. The van der Waals surface area contributed by atoms with E-state index >= 15 is 0 Å². The standard InChI is InChI=1S/C29H33ClF3N3O2/c1-36-16-17(13-28(38-2)21-4-3-5-24-26(21)18(15-35-24)11-25(28)36)10-20-14-27(37,8-9-34-20)19-6-7-23(30)22(12-19)29(31,32)33/h3-7,12,15,17,20,25,34-35,37H,8-11,13-14,16H2,1-2H3/t17-,20?,25+,27?,28-/m0/s1. The first-order valence-electron chi connectivity index (χ1n) is 13.2. The van der Waals surface area contributed by atoms with Crippen LogP contribution in [0.1, 0.15) is 47.9 Å². The third kappa shape index (κ3) is 4.16. The van der Waals surface area contributed by atoms with Crippen molar-refractivity contribution in [1.82, 2.24) is 15.2 Å². The van der Waals surface area contributed by atoms with Gasteiger partial charge in [0, 0.05) is 42.8 Å². The number of fused-ring (bicyclic) bond motifs is 2. The Bertz CT molecular complexity index is 1360. The molecule has 1 aliphatic carbocycles. The van der Waals surface area contributed by atoms with Crippen molar-refractivity contribution in [2.75, 3.05) is 27.2 Å². The van der Waals surface area contributed by atoms with Crippen molar-refractivity contribution in [3.05, 3.63) is 69.9 Å². The van der Waals surface area contributed by atoms with Crippen LogP contribution in [0, 0.1) is 5.92 Å². The summed E-state index contributed by atoms with van der Waals surface area (Å²) in [4.78, 5) is 5.81. The van der Waals surface area contributed by atoms with Crippen LogP contribution in [0.25, 0.3) is 10.9 Å². The monoisotopic (exact) mass is 547 g/mol. The molecule has 2 saturated heterocycles. The van der Waals surface area contributed by atoms with Gasteiger partial charge >= 0.3 is 6.18 Å². The lowest BCUT2D eigenvalue weighted by Crippen LogP contribution is -2.60. The van der Waals surface area contributed by atoms with Gasteiger partial charge in [0.15, 0.2) is 0 Å². The molecule has 38 heavy (non-hydrogen) atoms. The molecule has 2 aliphatic heterocycles. The van der Waals surface area contributed by atoms with E-state index in [2.05, 4.69) is 46.6 Å². The molecule has 0 amide bonds. The Morgan fingerprint density at radius 2 is 2.03 bits per heavy atom. The Morgan fingerprint density at radius 1 is 1.21 bits per heavy atom. The number of benzene rings is 2. The Hall–Kier alpha value is -2.10. The van der Waals surface area contributed by atoms with Gasteiger partial charge in [-0.3, -0.25) is 4.90 Å². The van der Waals surface area contributed by atoms with Gasteiger partial charge in [0.1, 0.15) is 5.60 Å². The fraction of sp³-hybridized carbons (Fsp3) is 0.517. The maximum absolute atomic E-state index is 13.5. The Morgan fingerprint density at radius 3 is 2.79 bits per heavy atom. The summed E-state index contributed by atoms with van der Waals surface area (Å²) in [5.74, 6) is 0.280. The lowest BCUT2D eigenvalue weighted by atomic mass is 9.67. The van der Waals surface area contributed by atoms with E-state index < -0.39 is 22.9 Å². The van der Waals surface area contributed by atoms with Crippen LogP contribution >= 0.6 is 11.6 Å². The fourth-order valence-corrected chi connectivity index (χ4v) is 7.75. The van der Waals surface area contributed by atoms with E-state index in [-0.39, 0.29) is 28.6 Å². The first kappa shape index (κ1) is 26.1. The van der Waals surface area contributed by atoms with Crippen LogP contribution < -0.4 is 5.32 Å². The van der Waals surface area contributed by atoms with Crippen molar-refractivity contribution >= 4 is 22.5 Å². The third-order valence-electron chi connectivity index (χ3n) is 9.21. The van der Waals surface area contributed by atoms with Gasteiger partial charge in [-0.2, -0.15) is 13.2 Å². The summed E-state index contributed by atoms with van der Waals surface area (Å²) in [5, 5.41) is 16.0. The van der Waals surface area contributed by atoms with Crippen molar-refractivity contribution in [1.29, 1.82) is 0 Å². The Balaban J connectivity index is 1.26. The highest BCUT2D eigenvalue weighted by atomic mass is 35.5. The molecule has 2 aromatic carbocycles. The van der Waals surface area contributed by atoms with E-state index in [1.165, 1.54) is 28.6 Å². The minimum atomic E-state index is -4.57. The zero-order chi connectivity index (χ0) is 26.9. The number of likely N-dealkylation sites (N-methyl/N-ethyl adjacent to an activating group) is 1. The summed E-state index contributed by atoms with van der Waals surface area (Å²) in [6.45, 7) is 1.42. The third-order valence-corrected chi connectivity index (χ3v) is 9.54. The highest BCUT2D eigenvalue weighted by Crippen LogP contribution is 2.50. The number of halogens is 4. The number of aromatic nitrogens is 1. The topological polar surface area (TPSA) is 60.5 Å². The van der Waals surface area contributed by atoms with Crippen LogP contribution in [0.15, 0.2) is 42.6 Å². The summed E-state index contributed by atoms with van der Waals surface area (Å²) >= 11 is 5.84. The minimum absolute atomic E-state index is 0.0372. The predicted molar refractivity (Wildman–Crippen MR) is 141 cm³/mol. The number of ether oxygens (including phenoxy) is 1. The molecule has 2 fully saturated rings. The van der Waals surface area contributed by atoms with E-state index in [0.717, 1.165) is 37.4 Å². The highest BCUT2D eigenvalue weighted by molar-refractivity contribution is 6.31. The number of hydrogen-bond donors (Lipinski definition) is 3. The van der Waals surface area contributed by atoms with Gasteiger partial charge in [-0.05, 0) is 86.5 Å². The van der Waals surface area contributed by atoms with Gasteiger partial charge in [0.05, 0.1) is 16.2 Å². The summed E-state index contributed by atoms with van der Waals surface area (Å²) < 4.78 is 46.9. The van der Waals surface area contributed by atoms with E-state index in [1.807, 2.05) is 0 Å². The summed E-state index contributed by atoms with van der Waals surface area (Å²) in [6.07, 6.45) is 0.769. The molecule has 0 spiro atoms. The minimum Gasteiger partial charge on any atom is -0.385 e. The molecule has 9 heteroatoms. The maximum atomic E-state index is 13.5. The normalized spacial score (nSPS) is 31.9. The van der Waals surface area contributed by atoms with Crippen molar-refractivity contribution in [2.24, 2.45) is 5.92 Å². The number of likely N-dealkylation sites (tertiary alicyclic amines) is 1. The molecule has 3 N–H and O–H groups in total. The number of piperidine rings is 2. The molecular weight excluding hydrogens is 515 g/mol. The zero-order valence-electron chi connectivity index (χ0n) is 21.5. The molecule has 5 nitrogen and oxygen atoms in total. The van der Waals surface area contributed by atoms with Crippen LogP contribution in [0.3, 0.4) is 0 Å². The first-order chi connectivity index (χ1) is 18.0. The molecule has 3 heterocycles. The van der Waals surface area contributed by atoms with Crippen LogP contribution in [-0.2, 0) is 28.5 Å². The molecule has 6 rings (SSSR count). The van der Waals surface area contributed by atoms with E-state index in [1.54, 1.807) is 7.11 Å². The molecule has 5 atom stereocenters. The zero-order valence-corrected chi connectivity index (χ0v) is 22.3. The lowest BCUT2D eigenvalue weighted by Gasteiger charge is -2.53. The maximum Gasteiger partial charge on any atom is 0.417 e. The smallest absolute Gasteiger partial charge is 0.385 e. The number of aliphatic hydroxyl groups is 1. The molecule has 1 aromatic heterocycles. The molecule has 2 unspecified atom stereocenters. The van der Waals surface area contributed by atoms with Crippen molar-refractivity contribution in [3.8, 4) is 0 Å². The number of H-pyrrole nitrogens is 1. The number of nitrogens with one attached hydrogen (secondary N) is 2. The van der Waals surface area contributed by atoms with Gasteiger partial charge in [-0.1, -0.05) is 29.8 Å². The second-order valence-corrected chi connectivity index (χ2v) is 11.8. The molecule has 3 aliphatic rings. The second kappa shape index (κ2) is 9.24. The van der Waals surface area contributed by atoms with E-state index in [4.69, 9.17) is 16.3 Å². The predicted octanol–water partition coefficient (Wildman–Crippen LogP) is 5.59. The van der Waals surface area contributed by atoms with Crippen molar-refractivity contribution < 1.29 is 23.0 Å². The van der Waals surface area contributed by atoms with E-state index in [9.17, 15) is 18.3 Å². The molecule has 204 valence electrons. The molecule has 0 radical (unpaired) electrons. The lowest BCUT2D eigenvalue weighted by molar-refractivity contribution is -0.137. The van der Waals surface area contributed by atoms with Gasteiger partial charge in [-0.25, -0.2) is 0 Å². The summed E-state index contributed by atoms with van der Waals surface area (Å²) in [5.41, 5.74) is 1.23. The number of methoxy groups -OCH3 is 1. The van der Waals surface area contributed by atoms with Gasteiger partial charge in [0.2, 0.25) is 0 Å². The van der Waals surface area contributed by atoms with Crippen LogP contribution in [0.5, 0.6) is 0 Å². The fourth-order valence-electron chi connectivity index (χ4n) is 7.52. The number of rotatable bonds is 4. The quantitative estimate of drug-likeness (QED) is 0.399. The number of nitrogens with zero attached hydrogens (tertiary/aromatic N) is 1. The molecular formula is C29H33ClF3N3O2. The molecule has 0 bridgehead atoms. The van der Waals surface area contributed by atoms with Gasteiger partial charge in [-0.15, -0.1) is 0 Å². The SMILES string of the molecule is CO[C@]12C[C@H](CC3CC(O)(c4ccc(Cl)c(C(F)(F)F)c4)CCN3)CN(C)[C@@H]1Cc1c[nH]c3cccc2c13. The van der Waals surface area contributed by atoms with E-state index in [0.29, 0.717) is 19.4 Å². The average molecular weight is 548 g/mol. The number of aromatic amines is 1. The average Bonchev–Trinajstić information content (AvgIpc) is 3.28. The van der Waals surface area contributed by atoms with Crippen molar-refractivity contribution in [2.45, 2.75) is 61.6 Å². The largest absolute Gasteiger partial charge is 0.417 e. The Kier molecular flexibility index (Phi) is 6.35. The first-order valence-corrected chi connectivity index (χ1v) is 13.6. The van der Waals surface area contributed by atoms with Crippen LogP contribution in [-0.4, -0.2) is 54.3 Å². The van der Waals surface area contributed by atoms with Crippen molar-refractivity contribution in [3.63, 3.8) is 0 Å². The number of alkyl halides is 3. The molecule has 3 aromatic rings. The number of hydrogen-bond acceptors (Lipinski definition) is 4.